The first kappa shape index (κ1) is 14.8. The van der Waals surface area contributed by atoms with Crippen LogP contribution in [0, 0.1) is 11.8 Å². The van der Waals surface area contributed by atoms with E-state index in [9.17, 15) is 9.59 Å². The highest BCUT2D eigenvalue weighted by molar-refractivity contribution is 7.59. The standard InChI is InChI=1S/C8H15NO3.H2S/c1-5(2)6(3)8(12)9-4-7(10)11;/h5-6H,4H2,1-3H3,(H,9,12)(H,10,11);1H2/t6-;/m1./s1. The van der Waals surface area contributed by atoms with Crippen molar-refractivity contribution in [3.05, 3.63) is 0 Å². The second-order valence-corrected chi connectivity index (χ2v) is 3.14. The van der Waals surface area contributed by atoms with Crippen LogP contribution in [0.2, 0.25) is 0 Å². The molecule has 78 valence electrons. The van der Waals surface area contributed by atoms with Crippen molar-refractivity contribution >= 4 is 25.4 Å². The normalized spacial score (nSPS) is 11.7. The van der Waals surface area contributed by atoms with E-state index < -0.39 is 5.97 Å². The van der Waals surface area contributed by atoms with Crippen LogP contribution in [-0.2, 0) is 9.59 Å². The summed E-state index contributed by atoms with van der Waals surface area (Å²) in [5.41, 5.74) is 0. The zero-order chi connectivity index (χ0) is 9.72. The second kappa shape index (κ2) is 6.77. The Kier molecular flexibility index (Phi) is 7.70. The van der Waals surface area contributed by atoms with Gasteiger partial charge in [0.2, 0.25) is 5.91 Å². The SMILES string of the molecule is CC(C)[C@@H](C)C(=O)NCC(=O)O.S. The first-order valence-electron chi connectivity index (χ1n) is 3.94. The van der Waals surface area contributed by atoms with Gasteiger partial charge in [-0.2, -0.15) is 13.5 Å². The Labute approximate surface area is 85.2 Å². The first-order valence-corrected chi connectivity index (χ1v) is 3.94. The first-order chi connectivity index (χ1) is 5.45. The van der Waals surface area contributed by atoms with Crippen molar-refractivity contribution in [3.8, 4) is 0 Å². The van der Waals surface area contributed by atoms with Crippen molar-refractivity contribution in [3.63, 3.8) is 0 Å². The minimum Gasteiger partial charge on any atom is -0.480 e. The van der Waals surface area contributed by atoms with Crippen LogP contribution >= 0.6 is 13.5 Å². The molecule has 0 spiro atoms. The summed E-state index contributed by atoms with van der Waals surface area (Å²) < 4.78 is 0. The van der Waals surface area contributed by atoms with Crippen LogP contribution in [0.25, 0.3) is 0 Å². The van der Waals surface area contributed by atoms with Gasteiger partial charge in [-0.15, -0.1) is 0 Å². The van der Waals surface area contributed by atoms with Gasteiger partial charge in [0.15, 0.2) is 0 Å². The lowest BCUT2D eigenvalue weighted by atomic mass is 9.97. The molecule has 4 nitrogen and oxygen atoms in total. The van der Waals surface area contributed by atoms with E-state index >= 15 is 0 Å². The predicted molar refractivity (Wildman–Crippen MR) is 55.0 cm³/mol. The van der Waals surface area contributed by atoms with E-state index in [1.165, 1.54) is 0 Å². The van der Waals surface area contributed by atoms with Gasteiger partial charge in [-0.25, -0.2) is 0 Å². The fourth-order valence-corrected chi connectivity index (χ4v) is 0.626. The molecule has 1 atom stereocenters. The monoisotopic (exact) mass is 207 g/mol. The van der Waals surface area contributed by atoms with E-state index in [2.05, 4.69) is 5.32 Å². The highest BCUT2D eigenvalue weighted by Crippen LogP contribution is 2.08. The molecule has 0 aliphatic heterocycles. The summed E-state index contributed by atoms with van der Waals surface area (Å²) >= 11 is 0. The second-order valence-electron chi connectivity index (χ2n) is 3.14. The highest BCUT2D eigenvalue weighted by Gasteiger charge is 2.16. The van der Waals surface area contributed by atoms with Gasteiger partial charge in [-0.1, -0.05) is 20.8 Å². The molecule has 13 heavy (non-hydrogen) atoms. The van der Waals surface area contributed by atoms with E-state index in [0.717, 1.165) is 0 Å². The average Bonchev–Trinajstić information content (AvgIpc) is 1.98. The summed E-state index contributed by atoms with van der Waals surface area (Å²) in [4.78, 5) is 21.2. The molecule has 0 aliphatic carbocycles. The molecule has 0 aliphatic rings. The minimum absolute atomic E-state index is 0. The third-order valence-corrected chi connectivity index (χ3v) is 1.83. The Bertz CT molecular complexity index is 182. The van der Waals surface area contributed by atoms with Crippen molar-refractivity contribution in [1.29, 1.82) is 0 Å². The Morgan fingerprint density at radius 3 is 2.08 bits per heavy atom. The molecule has 0 saturated heterocycles. The lowest BCUT2D eigenvalue weighted by Crippen LogP contribution is -2.35. The third-order valence-electron chi connectivity index (χ3n) is 1.83. The van der Waals surface area contributed by atoms with Crippen LogP contribution in [0.1, 0.15) is 20.8 Å². The van der Waals surface area contributed by atoms with E-state index in [1.807, 2.05) is 13.8 Å². The van der Waals surface area contributed by atoms with Gasteiger partial charge in [0.1, 0.15) is 6.54 Å². The maximum absolute atomic E-state index is 11.1. The number of amides is 1. The van der Waals surface area contributed by atoms with Crippen molar-refractivity contribution in [2.75, 3.05) is 6.54 Å². The van der Waals surface area contributed by atoms with Gasteiger partial charge in [0.05, 0.1) is 0 Å². The van der Waals surface area contributed by atoms with Crippen LogP contribution in [0.5, 0.6) is 0 Å². The van der Waals surface area contributed by atoms with Gasteiger partial charge < -0.3 is 10.4 Å². The number of aliphatic carboxylic acids is 1. The maximum Gasteiger partial charge on any atom is 0.322 e. The smallest absolute Gasteiger partial charge is 0.322 e. The molecule has 0 heterocycles. The molecule has 0 radical (unpaired) electrons. The van der Waals surface area contributed by atoms with Crippen LogP contribution < -0.4 is 5.32 Å². The summed E-state index contributed by atoms with van der Waals surface area (Å²) in [5, 5.41) is 10.6. The zero-order valence-electron chi connectivity index (χ0n) is 8.13. The Morgan fingerprint density at radius 1 is 1.31 bits per heavy atom. The summed E-state index contributed by atoms with van der Waals surface area (Å²) in [6, 6.07) is 0. The number of carboxylic acids is 1. The summed E-state index contributed by atoms with van der Waals surface area (Å²) in [6.45, 7) is 5.33. The van der Waals surface area contributed by atoms with E-state index in [4.69, 9.17) is 5.11 Å². The lowest BCUT2D eigenvalue weighted by molar-refractivity contribution is -0.138. The average molecular weight is 207 g/mol. The van der Waals surface area contributed by atoms with Crippen LogP contribution in [0.15, 0.2) is 0 Å². The largest absolute Gasteiger partial charge is 0.480 e. The molecular weight excluding hydrogens is 190 g/mol. The lowest BCUT2D eigenvalue weighted by Gasteiger charge is -2.13. The third kappa shape index (κ3) is 6.45. The topological polar surface area (TPSA) is 66.4 Å². The molecule has 0 aromatic carbocycles. The fraction of sp³-hybridized carbons (Fsp3) is 0.750. The maximum atomic E-state index is 11.1. The van der Waals surface area contributed by atoms with Gasteiger partial charge in [-0.3, -0.25) is 9.59 Å². The molecule has 0 unspecified atom stereocenters. The number of carbonyl (C=O) groups excluding carboxylic acids is 1. The highest BCUT2D eigenvalue weighted by atomic mass is 32.1. The van der Waals surface area contributed by atoms with Crippen molar-refractivity contribution in [2.45, 2.75) is 20.8 Å². The van der Waals surface area contributed by atoms with Gasteiger partial charge >= 0.3 is 5.97 Å². The van der Waals surface area contributed by atoms with E-state index in [1.54, 1.807) is 6.92 Å². The number of hydrogen-bond acceptors (Lipinski definition) is 2. The quantitative estimate of drug-likeness (QED) is 0.709. The molecule has 0 fully saturated rings. The number of nitrogens with one attached hydrogen (secondary N) is 1. The summed E-state index contributed by atoms with van der Waals surface area (Å²) in [7, 11) is 0. The Balaban J connectivity index is 0. The molecule has 0 aromatic heterocycles. The van der Waals surface area contributed by atoms with Crippen molar-refractivity contribution < 1.29 is 14.7 Å². The number of carbonyl (C=O) groups is 2. The molecule has 0 aromatic rings. The van der Waals surface area contributed by atoms with Crippen molar-refractivity contribution in [2.24, 2.45) is 11.8 Å². The Morgan fingerprint density at radius 2 is 1.77 bits per heavy atom. The fourth-order valence-electron chi connectivity index (χ4n) is 0.626. The molecular formula is C8H17NO3S. The number of carboxylic acid groups (broad SMARTS) is 1. The number of rotatable bonds is 4. The zero-order valence-corrected chi connectivity index (χ0v) is 9.13. The van der Waals surface area contributed by atoms with Crippen molar-refractivity contribution in [1.82, 2.24) is 5.32 Å². The molecule has 0 saturated carbocycles. The summed E-state index contributed by atoms with van der Waals surface area (Å²) in [5.74, 6) is -1.12. The summed E-state index contributed by atoms with van der Waals surface area (Å²) in [6.07, 6.45) is 0. The number of hydrogen-bond donors (Lipinski definition) is 2. The van der Waals surface area contributed by atoms with Crippen LogP contribution in [0.4, 0.5) is 0 Å². The predicted octanol–water partition coefficient (Wildman–Crippen LogP) is 0.592. The van der Waals surface area contributed by atoms with E-state index in [0.29, 0.717) is 0 Å². The van der Waals surface area contributed by atoms with Crippen LogP contribution in [-0.4, -0.2) is 23.5 Å². The van der Waals surface area contributed by atoms with Gasteiger partial charge in [-0.05, 0) is 5.92 Å². The minimum atomic E-state index is -1.01. The molecule has 0 bridgehead atoms. The van der Waals surface area contributed by atoms with E-state index in [-0.39, 0.29) is 37.8 Å². The molecule has 0 rings (SSSR count). The molecule has 1 amide bonds. The van der Waals surface area contributed by atoms with Gasteiger partial charge in [0, 0.05) is 5.92 Å². The Hall–Kier alpha value is -0.710. The van der Waals surface area contributed by atoms with Gasteiger partial charge in [0.25, 0.3) is 0 Å². The molecule has 2 N–H and O–H groups in total. The van der Waals surface area contributed by atoms with Crippen LogP contribution in [0.3, 0.4) is 0 Å². The molecule has 5 heteroatoms.